The Bertz CT molecular complexity index is 114. The molecule has 0 aliphatic heterocycles. The molecule has 0 aliphatic carbocycles. The highest BCUT2D eigenvalue weighted by Crippen LogP contribution is 2.14. The van der Waals surface area contributed by atoms with Crippen LogP contribution in [0.3, 0.4) is 0 Å². The van der Waals surface area contributed by atoms with Crippen molar-refractivity contribution in [2.45, 2.75) is 26.2 Å². The Kier molecular flexibility index (Phi) is 3.91. The first kappa shape index (κ1) is 9.33. The molecule has 1 atom stereocenters. The lowest BCUT2D eigenvalue weighted by molar-refractivity contribution is -0.137. The van der Waals surface area contributed by atoms with Crippen LogP contribution in [0.25, 0.3) is 0 Å². The van der Waals surface area contributed by atoms with Crippen LogP contribution in [0.1, 0.15) is 19.8 Å². The van der Waals surface area contributed by atoms with Gasteiger partial charge in [-0.25, -0.2) is 8.78 Å². The fraction of sp³-hybridized carbons (Fsp3) is 0.833. The second-order valence-electron chi connectivity index (χ2n) is 2.24. The summed E-state index contributed by atoms with van der Waals surface area (Å²) in [6.45, 7) is 1.34. The van der Waals surface area contributed by atoms with Crippen LogP contribution in [0.4, 0.5) is 8.78 Å². The van der Waals surface area contributed by atoms with Crippen molar-refractivity contribution >= 4 is 5.97 Å². The summed E-state index contributed by atoms with van der Waals surface area (Å²) in [5.41, 5.74) is 0. The van der Waals surface area contributed by atoms with E-state index < -0.39 is 18.3 Å². The Morgan fingerprint density at radius 1 is 1.60 bits per heavy atom. The predicted octanol–water partition coefficient (Wildman–Crippen LogP) is 1.75. The molecule has 0 aromatic rings. The van der Waals surface area contributed by atoms with Crippen molar-refractivity contribution in [3.8, 4) is 0 Å². The van der Waals surface area contributed by atoms with Gasteiger partial charge in [0.15, 0.2) is 0 Å². The molecular formula is C6H10F2O2. The van der Waals surface area contributed by atoms with Crippen LogP contribution < -0.4 is 0 Å². The van der Waals surface area contributed by atoms with E-state index in [1.807, 2.05) is 0 Å². The van der Waals surface area contributed by atoms with Crippen molar-refractivity contribution in [1.82, 2.24) is 0 Å². The molecule has 1 unspecified atom stereocenters. The Hall–Kier alpha value is -0.670. The summed E-state index contributed by atoms with van der Waals surface area (Å²) in [7, 11) is 0. The molecule has 0 aliphatic rings. The third kappa shape index (κ3) is 4.23. The van der Waals surface area contributed by atoms with Crippen LogP contribution in [-0.2, 0) is 4.79 Å². The number of rotatable bonds is 4. The molecule has 4 heteroatoms. The van der Waals surface area contributed by atoms with E-state index in [1.54, 1.807) is 0 Å². The zero-order valence-corrected chi connectivity index (χ0v) is 5.68. The quantitative estimate of drug-likeness (QED) is 0.666. The lowest BCUT2D eigenvalue weighted by Gasteiger charge is -2.06. The Labute approximate surface area is 57.9 Å². The highest BCUT2D eigenvalue weighted by atomic mass is 19.3. The first-order valence-corrected chi connectivity index (χ1v) is 3.04. The summed E-state index contributed by atoms with van der Waals surface area (Å²) in [5.74, 6) is -1.83. The highest BCUT2D eigenvalue weighted by molar-refractivity contribution is 5.66. The van der Waals surface area contributed by atoms with Gasteiger partial charge in [-0.15, -0.1) is 0 Å². The summed E-state index contributed by atoms with van der Waals surface area (Å²) in [5, 5.41) is 8.10. The van der Waals surface area contributed by atoms with E-state index >= 15 is 0 Å². The third-order valence-corrected chi connectivity index (χ3v) is 1.24. The topological polar surface area (TPSA) is 37.3 Å². The van der Waals surface area contributed by atoms with Gasteiger partial charge in [0.25, 0.3) is 0 Å². The largest absolute Gasteiger partial charge is 0.481 e. The molecule has 60 valence electrons. The van der Waals surface area contributed by atoms with Crippen molar-refractivity contribution in [2.75, 3.05) is 0 Å². The van der Waals surface area contributed by atoms with Gasteiger partial charge in [0.2, 0.25) is 6.43 Å². The zero-order valence-electron chi connectivity index (χ0n) is 5.68. The van der Waals surface area contributed by atoms with Gasteiger partial charge in [0, 0.05) is 12.3 Å². The van der Waals surface area contributed by atoms with E-state index in [1.165, 1.54) is 6.92 Å². The number of hydrogen-bond acceptors (Lipinski definition) is 1. The summed E-state index contributed by atoms with van der Waals surface area (Å²) in [6, 6.07) is 0. The average Bonchev–Trinajstić information content (AvgIpc) is 1.82. The first-order valence-electron chi connectivity index (χ1n) is 3.04. The standard InChI is InChI=1S/C6H10F2O2/c1-4(6(7)8)2-3-5(9)10/h4,6H,2-3H2,1H3,(H,9,10). The number of carboxylic acid groups (broad SMARTS) is 1. The summed E-state index contributed by atoms with van der Waals surface area (Å²) in [6.07, 6.45) is -2.53. The van der Waals surface area contributed by atoms with E-state index in [9.17, 15) is 13.6 Å². The maximum atomic E-state index is 11.7. The molecule has 0 aromatic carbocycles. The van der Waals surface area contributed by atoms with Gasteiger partial charge in [-0.1, -0.05) is 6.92 Å². The fourth-order valence-corrected chi connectivity index (χ4v) is 0.477. The number of alkyl halides is 2. The maximum absolute atomic E-state index is 11.7. The molecule has 0 bridgehead atoms. The van der Waals surface area contributed by atoms with E-state index in [0.29, 0.717) is 0 Å². The van der Waals surface area contributed by atoms with Gasteiger partial charge in [-0.2, -0.15) is 0 Å². The molecule has 0 rings (SSSR count). The molecular weight excluding hydrogens is 142 g/mol. The van der Waals surface area contributed by atoms with Crippen LogP contribution in [0, 0.1) is 5.92 Å². The van der Waals surface area contributed by atoms with Gasteiger partial charge >= 0.3 is 5.97 Å². The van der Waals surface area contributed by atoms with Gasteiger partial charge in [0.05, 0.1) is 0 Å². The van der Waals surface area contributed by atoms with Crippen LogP contribution in [0.5, 0.6) is 0 Å². The molecule has 1 N–H and O–H groups in total. The lowest BCUT2D eigenvalue weighted by atomic mass is 10.1. The third-order valence-electron chi connectivity index (χ3n) is 1.24. The van der Waals surface area contributed by atoms with Gasteiger partial charge in [0.1, 0.15) is 0 Å². The molecule has 0 radical (unpaired) electrons. The number of hydrogen-bond donors (Lipinski definition) is 1. The normalized spacial score (nSPS) is 13.6. The summed E-state index contributed by atoms with van der Waals surface area (Å²) >= 11 is 0. The van der Waals surface area contributed by atoms with Gasteiger partial charge < -0.3 is 5.11 Å². The van der Waals surface area contributed by atoms with E-state index in [4.69, 9.17) is 5.11 Å². The zero-order chi connectivity index (χ0) is 8.15. The number of halogens is 2. The summed E-state index contributed by atoms with van der Waals surface area (Å²) in [4.78, 5) is 9.88. The minimum Gasteiger partial charge on any atom is -0.481 e. The van der Waals surface area contributed by atoms with Crippen molar-refractivity contribution in [1.29, 1.82) is 0 Å². The monoisotopic (exact) mass is 152 g/mol. The number of aliphatic carboxylic acids is 1. The number of carbonyl (C=O) groups is 1. The van der Waals surface area contributed by atoms with Crippen molar-refractivity contribution in [2.24, 2.45) is 5.92 Å². The molecule has 0 saturated heterocycles. The molecule has 0 spiro atoms. The Morgan fingerprint density at radius 2 is 2.10 bits per heavy atom. The van der Waals surface area contributed by atoms with Crippen LogP contribution in [-0.4, -0.2) is 17.5 Å². The van der Waals surface area contributed by atoms with Crippen LogP contribution in [0.15, 0.2) is 0 Å². The molecule has 0 aromatic heterocycles. The van der Waals surface area contributed by atoms with E-state index in [2.05, 4.69) is 0 Å². The second-order valence-corrected chi connectivity index (χ2v) is 2.24. The predicted molar refractivity (Wildman–Crippen MR) is 32.0 cm³/mol. The SMILES string of the molecule is CC(CCC(=O)O)C(F)F. The van der Waals surface area contributed by atoms with E-state index in [0.717, 1.165) is 0 Å². The van der Waals surface area contributed by atoms with Crippen molar-refractivity contribution < 1.29 is 18.7 Å². The molecule has 10 heavy (non-hydrogen) atoms. The Balaban J connectivity index is 3.39. The Morgan fingerprint density at radius 3 is 2.40 bits per heavy atom. The van der Waals surface area contributed by atoms with Gasteiger partial charge in [-0.3, -0.25) is 4.79 Å². The van der Waals surface area contributed by atoms with E-state index in [-0.39, 0.29) is 12.8 Å². The highest BCUT2D eigenvalue weighted by Gasteiger charge is 2.14. The minimum absolute atomic E-state index is 0.0486. The van der Waals surface area contributed by atoms with Crippen molar-refractivity contribution in [3.63, 3.8) is 0 Å². The first-order chi connectivity index (χ1) is 4.54. The lowest BCUT2D eigenvalue weighted by Crippen LogP contribution is -2.08. The summed E-state index contributed by atoms with van der Waals surface area (Å²) < 4.78 is 23.4. The maximum Gasteiger partial charge on any atom is 0.303 e. The van der Waals surface area contributed by atoms with Crippen molar-refractivity contribution in [3.05, 3.63) is 0 Å². The molecule has 0 amide bonds. The van der Waals surface area contributed by atoms with Crippen LogP contribution >= 0.6 is 0 Å². The molecule has 0 heterocycles. The number of carboxylic acids is 1. The fourth-order valence-electron chi connectivity index (χ4n) is 0.477. The molecule has 0 saturated carbocycles. The van der Waals surface area contributed by atoms with Crippen LogP contribution in [0.2, 0.25) is 0 Å². The smallest absolute Gasteiger partial charge is 0.303 e. The molecule has 2 nitrogen and oxygen atoms in total. The average molecular weight is 152 g/mol. The molecule has 0 fully saturated rings. The minimum atomic E-state index is -2.40. The second kappa shape index (κ2) is 4.19. The van der Waals surface area contributed by atoms with Gasteiger partial charge in [-0.05, 0) is 6.42 Å².